The maximum Gasteiger partial charge on any atom is 0.345 e. The molecule has 0 amide bonds. The first kappa shape index (κ1) is 27.0. The molecule has 0 fully saturated rings. The van der Waals surface area contributed by atoms with Gasteiger partial charge in [0, 0.05) is 40.8 Å². The molecule has 5 rings (SSSR count). The van der Waals surface area contributed by atoms with Gasteiger partial charge in [-0.15, -0.1) is 0 Å². The quantitative estimate of drug-likeness (QED) is 0.202. The van der Waals surface area contributed by atoms with E-state index < -0.39 is 12.0 Å². The van der Waals surface area contributed by atoms with Crippen LogP contribution in [0.25, 0.3) is 16.7 Å². The van der Waals surface area contributed by atoms with Gasteiger partial charge in [-0.25, -0.2) is 4.79 Å². The van der Waals surface area contributed by atoms with Crippen LogP contribution >= 0.6 is 0 Å². The van der Waals surface area contributed by atoms with Crippen molar-refractivity contribution in [2.75, 3.05) is 19.5 Å². The van der Waals surface area contributed by atoms with Gasteiger partial charge in [-0.3, -0.25) is 4.98 Å². The number of carbonyl (C=O) groups excluding carboxylic acids is 1. The second-order valence-electron chi connectivity index (χ2n) is 10.3. The minimum atomic E-state index is -0.500. The lowest BCUT2D eigenvalue weighted by molar-refractivity contribution is 0.0734. The van der Waals surface area contributed by atoms with Crippen LogP contribution in [0.15, 0.2) is 85.2 Å². The molecule has 0 spiro atoms. The first-order valence-electron chi connectivity index (χ1n) is 13.1. The van der Waals surface area contributed by atoms with Crippen LogP contribution < -0.4 is 25.3 Å². The molecule has 1 aromatic heterocycles. The predicted molar refractivity (Wildman–Crippen MR) is 158 cm³/mol. The summed E-state index contributed by atoms with van der Waals surface area (Å²) in [5, 5.41) is 3.64. The van der Waals surface area contributed by atoms with Gasteiger partial charge in [-0.2, -0.15) is 0 Å². The van der Waals surface area contributed by atoms with Gasteiger partial charge in [0.25, 0.3) is 0 Å². The van der Waals surface area contributed by atoms with Crippen molar-refractivity contribution in [3.8, 4) is 28.4 Å². The molecule has 0 aliphatic carbocycles. The number of carbonyl (C=O) groups is 1. The second-order valence-corrected chi connectivity index (χ2v) is 10.3. The van der Waals surface area contributed by atoms with E-state index >= 15 is 0 Å². The lowest BCUT2D eigenvalue weighted by atomic mass is 9.81. The molecular weight excluding hydrogens is 502 g/mol. The third-order valence-electron chi connectivity index (χ3n) is 7.03. The summed E-state index contributed by atoms with van der Waals surface area (Å²) in [4.78, 5) is 16.6. The summed E-state index contributed by atoms with van der Waals surface area (Å²) in [5.74, 6) is 1.14. The summed E-state index contributed by atoms with van der Waals surface area (Å²) < 4.78 is 17.1. The minimum Gasteiger partial charge on any atom is -0.496 e. The number of benzene rings is 3. The maximum atomic E-state index is 12.6. The van der Waals surface area contributed by atoms with E-state index in [0.717, 1.165) is 39.1 Å². The SMILES string of the molecule is COc1cc(OC(=O)c2cccnc2)ccc1-c1ccc2c(c1C(N)c1ccccc1OC)C(C)=CC(C)(C)N2. The van der Waals surface area contributed by atoms with Gasteiger partial charge in [0.1, 0.15) is 17.2 Å². The van der Waals surface area contributed by atoms with Gasteiger partial charge in [-0.1, -0.05) is 30.3 Å². The van der Waals surface area contributed by atoms with Crippen molar-refractivity contribution in [3.05, 3.63) is 107 Å². The summed E-state index contributed by atoms with van der Waals surface area (Å²) in [5.41, 5.74) is 14.0. The topological polar surface area (TPSA) is 95.7 Å². The zero-order chi connectivity index (χ0) is 28.4. The number of aromatic nitrogens is 1. The van der Waals surface area contributed by atoms with Crippen LogP contribution in [0.1, 0.15) is 53.9 Å². The average molecular weight is 536 g/mol. The Labute approximate surface area is 234 Å². The molecule has 0 bridgehead atoms. The summed E-state index contributed by atoms with van der Waals surface area (Å²) >= 11 is 0. The van der Waals surface area contributed by atoms with Gasteiger partial charge in [-0.05, 0) is 73.9 Å². The molecule has 7 nitrogen and oxygen atoms in total. The number of nitrogens with one attached hydrogen (secondary N) is 1. The van der Waals surface area contributed by atoms with E-state index in [4.69, 9.17) is 19.9 Å². The van der Waals surface area contributed by atoms with Crippen LogP contribution in [0, 0.1) is 0 Å². The fourth-order valence-corrected chi connectivity index (χ4v) is 5.39. The first-order chi connectivity index (χ1) is 19.2. The molecule has 40 heavy (non-hydrogen) atoms. The third kappa shape index (κ3) is 5.16. The van der Waals surface area contributed by atoms with Crippen LogP contribution in [0.4, 0.5) is 5.69 Å². The number of para-hydroxylation sites is 1. The van der Waals surface area contributed by atoms with E-state index in [2.05, 4.69) is 49.3 Å². The van der Waals surface area contributed by atoms with Gasteiger partial charge in [0.2, 0.25) is 0 Å². The Kier molecular flexibility index (Phi) is 7.32. The van der Waals surface area contributed by atoms with E-state index in [9.17, 15) is 4.79 Å². The number of rotatable bonds is 7. The Hall–Kier alpha value is -4.62. The number of hydrogen-bond acceptors (Lipinski definition) is 7. The number of fused-ring (bicyclic) bond motifs is 1. The maximum absolute atomic E-state index is 12.6. The van der Waals surface area contributed by atoms with Crippen molar-refractivity contribution >= 4 is 17.2 Å². The molecule has 3 N–H and O–H groups in total. The van der Waals surface area contributed by atoms with E-state index in [-0.39, 0.29) is 5.54 Å². The molecule has 0 saturated carbocycles. The van der Waals surface area contributed by atoms with Crippen LogP contribution in [0.2, 0.25) is 0 Å². The molecule has 7 heteroatoms. The van der Waals surface area contributed by atoms with E-state index in [1.165, 1.54) is 6.20 Å². The Morgan fingerprint density at radius 1 is 0.950 bits per heavy atom. The van der Waals surface area contributed by atoms with Crippen molar-refractivity contribution in [2.24, 2.45) is 5.73 Å². The molecule has 2 heterocycles. The van der Waals surface area contributed by atoms with Crippen molar-refractivity contribution < 1.29 is 19.0 Å². The van der Waals surface area contributed by atoms with Crippen molar-refractivity contribution in [1.82, 2.24) is 4.98 Å². The molecule has 1 aliphatic heterocycles. The molecule has 0 saturated heterocycles. The molecule has 204 valence electrons. The number of nitrogens with zero attached hydrogens (tertiary/aromatic N) is 1. The van der Waals surface area contributed by atoms with Crippen LogP contribution in [0.3, 0.4) is 0 Å². The normalized spacial score (nSPS) is 14.3. The summed E-state index contributed by atoms with van der Waals surface area (Å²) in [7, 11) is 3.25. The van der Waals surface area contributed by atoms with Crippen molar-refractivity contribution in [3.63, 3.8) is 0 Å². The average Bonchev–Trinajstić information content (AvgIpc) is 2.96. The predicted octanol–water partition coefficient (Wildman–Crippen LogP) is 6.64. The zero-order valence-corrected chi connectivity index (χ0v) is 23.3. The second kappa shape index (κ2) is 10.9. The molecule has 1 unspecified atom stereocenters. The smallest absolute Gasteiger partial charge is 0.345 e. The summed E-state index contributed by atoms with van der Waals surface area (Å²) in [6.45, 7) is 6.39. The van der Waals surface area contributed by atoms with Crippen LogP contribution in [-0.4, -0.2) is 30.7 Å². The first-order valence-corrected chi connectivity index (χ1v) is 13.1. The van der Waals surface area contributed by atoms with E-state index in [0.29, 0.717) is 22.8 Å². The van der Waals surface area contributed by atoms with Gasteiger partial charge in [0.15, 0.2) is 0 Å². The number of hydrogen-bond donors (Lipinski definition) is 2. The molecule has 1 aliphatic rings. The number of allylic oxidation sites excluding steroid dienone is 1. The molecule has 0 radical (unpaired) electrons. The summed E-state index contributed by atoms with van der Waals surface area (Å²) in [6, 6.07) is 20.2. The highest BCUT2D eigenvalue weighted by Gasteiger charge is 2.30. The highest BCUT2D eigenvalue weighted by Crippen LogP contribution is 2.47. The third-order valence-corrected chi connectivity index (χ3v) is 7.03. The Balaban J connectivity index is 1.65. The lowest BCUT2D eigenvalue weighted by Crippen LogP contribution is -2.32. The summed E-state index contributed by atoms with van der Waals surface area (Å²) in [6.07, 6.45) is 5.29. The Morgan fingerprint density at radius 2 is 1.70 bits per heavy atom. The fraction of sp³-hybridized carbons (Fsp3) is 0.212. The highest BCUT2D eigenvalue weighted by atomic mass is 16.5. The highest BCUT2D eigenvalue weighted by molar-refractivity contribution is 5.92. The molecule has 4 aromatic rings. The number of methoxy groups -OCH3 is 2. The standard InChI is InChI=1S/C33H33N3O4/c1-20-18-33(2,3)36-26-15-14-24(30(29(20)26)31(34)25-10-6-7-11-27(25)38-4)23-13-12-22(17-28(23)39-5)40-32(37)21-9-8-16-35-19-21/h6-19,31,36H,34H2,1-5H3. The number of ether oxygens (including phenoxy) is 3. The van der Waals surface area contributed by atoms with Gasteiger partial charge < -0.3 is 25.3 Å². The minimum absolute atomic E-state index is 0.206. The van der Waals surface area contributed by atoms with Crippen molar-refractivity contribution in [2.45, 2.75) is 32.4 Å². The molecule has 1 atom stereocenters. The number of pyridine rings is 1. The van der Waals surface area contributed by atoms with E-state index in [1.807, 2.05) is 30.3 Å². The van der Waals surface area contributed by atoms with Gasteiger partial charge >= 0.3 is 5.97 Å². The largest absolute Gasteiger partial charge is 0.496 e. The Morgan fingerprint density at radius 3 is 2.42 bits per heavy atom. The Bertz CT molecular complexity index is 1600. The number of esters is 1. The zero-order valence-electron chi connectivity index (χ0n) is 23.3. The molecule has 3 aromatic carbocycles. The fourth-order valence-electron chi connectivity index (χ4n) is 5.39. The lowest BCUT2D eigenvalue weighted by Gasteiger charge is -2.35. The monoisotopic (exact) mass is 535 g/mol. The molecular formula is C33H33N3O4. The van der Waals surface area contributed by atoms with Crippen molar-refractivity contribution in [1.29, 1.82) is 0 Å². The number of nitrogens with two attached hydrogens (primary N) is 1. The van der Waals surface area contributed by atoms with Gasteiger partial charge in [0.05, 0.1) is 31.4 Å². The van der Waals surface area contributed by atoms with Crippen LogP contribution in [0.5, 0.6) is 17.2 Å². The number of anilines is 1. The van der Waals surface area contributed by atoms with E-state index in [1.54, 1.807) is 44.7 Å². The van der Waals surface area contributed by atoms with Crippen LogP contribution in [-0.2, 0) is 0 Å².